The van der Waals surface area contributed by atoms with E-state index in [4.69, 9.17) is 4.74 Å². The molecule has 5 nitrogen and oxygen atoms in total. The van der Waals surface area contributed by atoms with E-state index in [9.17, 15) is 0 Å². The van der Waals surface area contributed by atoms with E-state index in [1.807, 2.05) is 0 Å². The van der Waals surface area contributed by atoms with Crippen molar-refractivity contribution in [3.8, 4) is 0 Å². The van der Waals surface area contributed by atoms with Crippen LogP contribution in [0.15, 0.2) is 0 Å². The zero-order valence-electron chi connectivity index (χ0n) is 10.8. The van der Waals surface area contributed by atoms with Crippen LogP contribution in [0.2, 0.25) is 0 Å². The molecule has 3 aliphatic rings. The van der Waals surface area contributed by atoms with Crippen LogP contribution in [0.1, 0.15) is 49.8 Å². The maximum atomic E-state index is 5.67. The van der Waals surface area contributed by atoms with Gasteiger partial charge in [-0.25, -0.2) is 0 Å². The van der Waals surface area contributed by atoms with E-state index in [1.165, 1.54) is 18.7 Å². The van der Waals surface area contributed by atoms with Crippen molar-refractivity contribution in [3.05, 3.63) is 11.6 Å². The average molecular weight is 248 g/mol. The molecule has 1 aromatic heterocycles. The van der Waals surface area contributed by atoms with Crippen LogP contribution in [0, 0.1) is 5.92 Å². The smallest absolute Gasteiger partial charge is 0.150 e. The molecule has 4 rings (SSSR count). The summed E-state index contributed by atoms with van der Waals surface area (Å²) in [6, 6.07) is 0.444. The van der Waals surface area contributed by atoms with Gasteiger partial charge < -0.3 is 14.6 Å². The molecule has 1 aliphatic carbocycles. The zero-order chi connectivity index (χ0) is 12.1. The SMILES string of the molecule is CC1CC(c2nnc3n2CCNC3C2CC2)CO1. The van der Waals surface area contributed by atoms with Crippen molar-refractivity contribution in [2.45, 2.75) is 50.8 Å². The predicted molar refractivity (Wildman–Crippen MR) is 66.3 cm³/mol. The molecule has 1 saturated carbocycles. The Morgan fingerprint density at radius 3 is 2.83 bits per heavy atom. The summed E-state index contributed by atoms with van der Waals surface area (Å²) in [5, 5.41) is 12.5. The highest BCUT2D eigenvalue weighted by atomic mass is 16.5. The third-order valence-corrected chi connectivity index (χ3v) is 4.44. The normalized spacial score (nSPS) is 35.7. The molecule has 18 heavy (non-hydrogen) atoms. The second kappa shape index (κ2) is 4.03. The van der Waals surface area contributed by atoms with Crippen LogP contribution in [0.25, 0.3) is 0 Å². The summed E-state index contributed by atoms with van der Waals surface area (Å²) in [6.45, 7) is 5.00. The van der Waals surface area contributed by atoms with E-state index >= 15 is 0 Å². The largest absolute Gasteiger partial charge is 0.378 e. The van der Waals surface area contributed by atoms with Crippen molar-refractivity contribution in [1.29, 1.82) is 0 Å². The molecule has 5 heteroatoms. The van der Waals surface area contributed by atoms with Crippen LogP contribution in [0.4, 0.5) is 0 Å². The molecule has 3 heterocycles. The van der Waals surface area contributed by atoms with Gasteiger partial charge in [-0.2, -0.15) is 0 Å². The van der Waals surface area contributed by atoms with Gasteiger partial charge in [-0.05, 0) is 32.1 Å². The van der Waals surface area contributed by atoms with Gasteiger partial charge in [-0.1, -0.05) is 0 Å². The molecule has 1 aromatic rings. The molecule has 0 bridgehead atoms. The molecule has 1 saturated heterocycles. The lowest BCUT2D eigenvalue weighted by atomic mass is 10.0. The maximum Gasteiger partial charge on any atom is 0.150 e. The van der Waals surface area contributed by atoms with Gasteiger partial charge in [0, 0.05) is 19.0 Å². The molecule has 1 N–H and O–H groups in total. The molecule has 3 unspecified atom stereocenters. The third-order valence-electron chi connectivity index (χ3n) is 4.44. The van der Waals surface area contributed by atoms with E-state index < -0.39 is 0 Å². The Balaban J connectivity index is 1.65. The van der Waals surface area contributed by atoms with Crippen LogP contribution in [0.3, 0.4) is 0 Å². The molecule has 0 radical (unpaired) electrons. The summed E-state index contributed by atoms with van der Waals surface area (Å²) in [7, 11) is 0. The Morgan fingerprint density at radius 2 is 2.11 bits per heavy atom. The summed E-state index contributed by atoms with van der Waals surface area (Å²) in [4.78, 5) is 0. The van der Waals surface area contributed by atoms with Crippen molar-refractivity contribution in [1.82, 2.24) is 20.1 Å². The van der Waals surface area contributed by atoms with Crippen molar-refractivity contribution in [3.63, 3.8) is 0 Å². The standard InChI is InChI=1S/C13H20N4O/c1-8-6-10(7-18-8)12-15-16-13-11(9-2-3-9)14-4-5-17(12)13/h8-11,14H,2-7H2,1H3. The maximum absolute atomic E-state index is 5.67. The van der Waals surface area contributed by atoms with Gasteiger partial charge in [0.2, 0.25) is 0 Å². The lowest BCUT2D eigenvalue weighted by molar-refractivity contribution is 0.123. The number of hydrogen-bond donors (Lipinski definition) is 1. The fourth-order valence-corrected chi connectivity index (χ4v) is 3.32. The average Bonchev–Trinajstić information content (AvgIpc) is 2.99. The molecule has 2 aliphatic heterocycles. The number of nitrogens with one attached hydrogen (secondary N) is 1. The lowest BCUT2D eigenvalue weighted by Crippen LogP contribution is -2.35. The molecule has 2 fully saturated rings. The van der Waals surface area contributed by atoms with E-state index in [1.54, 1.807) is 0 Å². The summed E-state index contributed by atoms with van der Waals surface area (Å²) in [5.41, 5.74) is 0. The predicted octanol–water partition coefficient (Wildman–Crippen LogP) is 1.22. The quantitative estimate of drug-likeness (QED) is 0.855. The molecule has 0 aromatic carbocycles. The second-order valence-electron chi connectivity index (χ2n) is 5.91. The van der Waals surface area contributed by atoms with Gasteiger partial charge in [0.1, 0.15) is 5.82 Å². The van der Waals surface area contributed by atoms with Crippen molar-refractivity contribution in [2.24, 2.45) is 5.92 Å². The fraction of sp³-hybridized carbons (Fsp3) is 0.846. The van der Waals surface area contributed by atoms with Crippen LogP contribution >= 0.6 is 0 Å². The topological polar surface area (TPSA) is 52.0 Å². The highest BCUT2D eigenvalue weighted by molar-refractivity contribution is 5.12. The number of aromatic nitrogens is 3. The highest BCUT2D eigenvalue weighted by Gasteiger charge is 2.39. The van der Waals surface area contributed by atoms with Crippen LogP contribution in [-0.2, 0) is 11.3 Å². The molecular weight excluding hydrogens is 228 g/mol. The monoisotopic (exact) mass is 248 g/mol. The molecule has 0 spiro atoms. The van der Waals surface area contributed by atoms with Crippen molar-refractivity contribution < 1.29 is 4.74 Å². The molecule has 0 amide bonds. The van der Waals surface area contributed by atoms with Gasteiger partial charge in [-0.15, -0.1) is 10.2 Å². The van der Waals surface area contributed by atoms with Gasteiger partial charge in [0.15, 0.2) is 5.82 Å². The summed E-state index contributed by atoms with van der Waals surface area (Å²) in [6.07, 6.45) is 4.12. The Morgan fingerprint density at radius 1 is 1.28 bits per heavy atom. The van der Waals surface area contributed by atoms with Gasteiger partial charge in [-0.3, -0.25) is 0 Å². The van der Waals surface area contributed by atoms with Gasteiger partial charge in [0.25, 0.3) is 0 Å². The first kappa shape index (κ1) is 10.9. The zero-order valence-corrected chi connectivity index (χ0v) is 10.8. The van der Waals surface area contributed by atoms with Gasteiger partial charge >= 0.3 is 0 Å². The number of fused-ring (bicyclic) bond motifs is 1. The third kappa shape index (κ3) is 1.68. The minimum Gasteiger partial charge on any atom is -0.378 e. The van der Waals surface area contributed by atoms with E-state index in [0.717, 1.165) is 37.9 Å². The molecule has 3 atom stereocenters. The van der Waals surface area contributed by atoms with E-state index in [2.05, 4.69) is 27.0 Å². The number of hydrogen-bond acceptors (Lipinski definition) is 4. The Labute approximate surface area is 107 Å². The summed E-state index contributed by atoms with van der Waals surface area (Å²) < 4.78 is 8.02. The van der Waals surface area contributed by atoms with Crippen molar-refractivity contribution in [2.75, 3.05) is 13.2 Å². The van der Waals surface area contributed by atoms with Crippen LogP contribution < -0.4 is 5.32 Å². The first-order valence-corrected chi connectivity index (χ1v) is 7.11. The number of rotatable bonds is 2. The highest BCUT2D eigenvalue weighted by Crippen LogP contribution is 2.42. The van der Waals surface area contributed by atoms with Crippen molar-refractivity contribution >= 4 is 0 Å². The van der Waals surface area contributed by atoms with Gasteiger partial charge in [0.05, 0.1) is 18.8 Å². The Hall–Kier alpha value is -0.940. The van der Waals surface area contributed by atoms with E-state index in [0.29, 0.717) is 18.1 Å². The molecular formula is C13H20N4O. The summed E-state index contributed by atoms with van der Waals surface area (Å²) >= 11 is 0. The van der Waals surface area contributed by atoms with E-state index in [-0.39, 0.29) is 0 Å². The lowest BCUT2D eigenvalue weighted by Gasteiger charge is -2.25. The first-order valence-electron chi connectivity index (χ1n) is 7.11. The Kier molecular flexibility index (Phi) is 2.45. The first-order chi connectivity index (χ1) is 8.83. The van der Waals surface area contributed by atoms with Crippen LogP contribution in [-0.4, -0.2) is 34.0 Å². The fourth-order valence-electron chi connectivity index (χ4n) is 3.32. The van der Waals surface area contributed by atoms with Crippen LogP contribution in [0.5, 0.6) is 0 Å². The summed E-state index contributed by atoms with van der Waals surface area (Å²) in [5.74, 6) is 3.55. The Bertz CT molecular complexity index is 454. The number of nitrogens with zero attached hydrogens (tertiary/aromatic N) is 3. The second-order valence-corrected chi connectivity index (χ2v) is 5.91. The minimum atomic E-state index is 0.365. The molecule has 98 valence electrons. The number of ether oxygens (including phenoxy) is 1. The minimum absolute atomic E-state index is 0.365.